The van der Waals surface area contributed by atoms with Crippen LogP contribution in [0.15, 0.2) is 0 Å². The SMILES string of the molecule is CC(C)(C)N[C@H]1CCCC[C@@H]1N1CC[C@H](O)C1. The van der Waals surface area contributed by atoms with Crippen LogP contribution in [0.25, 0.3) is 0 Å². The fraction of sp³-hybridized carbons (Fsp3) is 1.00. The molecule has 2 aliphatic rings. The second kappa shape index (κ2) is 5.25. The predicted molar refractivity (Wildman–Crippen MR) is 71.1 cm³/mol. The molecular weight excluding hydrogens is 212 g/mol. The van der Waals surface area contributed by atoms with Crippen molar-refractivity contribution in [2.24, 2.45) is 0 Å². The van der Waals surface area contributed by atoms with Gasteiger partial charge in [0, 0.05) is 30.7 Å². The number of nitrogens with one attached hydrogen (secondary N) is 1. The van der Waals surface area contributed by atoms with Crippen molar-refractivity contribution in [1.29, 1.82) is 0 Å². The summed E-state index contributed by atoms with van der Waals surface area (Å²) in [6.07, 6.45) is 6.14. The van der Waals surface area contributed by atoms with Gasteiger partial charge in [-0.2, -0.15) is 0 Å². The second-order valence-electron chi connectivity index (χ2n) is 6.79. The first kappa shape index (κ1) is 13.3. The predicted octanol–water partition coefficient (Wildman–Crippen LogP) is 1.75. The summed E-state index contributed by atoms with van der Waals surface area (Å²) in [6.45, 7) is 8.70. The van der Waals surface area contributed by atoms with Crippen molar-refractivity contribution in [3.05, 3.63) is 0 Å². The second-order valence-corrected chi connectivity index (χ2v) is 6.79. The molecule has 0 aromatic heterocycles. The normalized spacial score (nSPS) is 36.4. The van der Waals surface area contributed by atoms with Gasteiger partial charge in [-0.05, 0) is 40.0 Å². The largest absolute Gasteiger partial charge is 0.392 e. The number of hydrogen-bond acceptors (Lipinski definition) is 3. The molecule has 1 heterocycles. The molecule has 3 heteroatoms. The third kappa shape index (κ3) is 3.67. The van der Waals surface area contributed by atoms with Gasteiger partial charge in [0.2, 0.25) is 0 Å². The molecule has 3 nitrogen and oxygen atoms in total. The van der Waals surface area contributed by atoms with E-state index < -0.39 is 0 Å². The minimum Gasteiger partial charge on any atom is -0.392 e. The molecule has 17 heavy (non-hydrogen) atoms. The molecule has 1 aliphatic carbocycles. The molecule has 2 fully saturated rings. The van der Waals surface area contributed by atoms with Gasteiger partial charge in [0.05, 0.1) is 6.10 Å². The van der Waals surface area contributed by atoms with Crippen LogP contribution in [0.3, 0.4) is 0 Å². The van der Waals surface area contributed by atoms with E-state index in [9.17, 15) is 5.11 Å². The number of nitrogens with zero attached hydrogens (tertiary/aromatic N) is 1. The van der Waals surface area contributed by atoms with Gasteiger partial charge in [0.25, 0.3) is 0 Å². The zero-order chi connectivity index (χ0) is 12.5. The standard InChI is InChI=1S/C14H28N2O/c1-14(2,3)15-12-6-4-5-7-13(12)16-9-8-11(17)10-16/h11-13,15,17H,4-10H2,1-3H3/t11-,12-,13-/m0/s1. The summed E-state index contributed by atoms with van der Waals surface area (Å²) in [5.41, 5.74) is 0.193. The van der Waals surface area contributed by atoms with E-state index in [1.165, 1.54) is 25.7 Å². The van der Waals surface area contributed by atoms with Crippen molar-refractivity contribution >= 4 is 0 Å². The van der Waals surface area contributed by atoms with Crippen molar-refractivity contribution in [2.45, 2.75) is 76.6 Å². The molecule has 1 aliphatic heterocycles. The van der Waals surface area contributed by atoms with E-state index in [0.29, 0.717) is 12.1 Å². The molecule has 1 saturated heterocycles. The average Bonchev–Trinajstić information content (AvgIpc) is 2.63. The molecule has 0 unspecified atom stereocenters. The van der Waals surface area contributed by atoms with E-state index in [1.807, 2.05) is 0 Å². The molecule has 0 radical (unpaired) electrons. The van der Waals surface area contributed by atoms with E-state index in [4.69, 9.17) is 0 Å². The molecule has 2 N–H and O–H groups in total. The van der Waals surface area contributed by atoms with E-state index in [2.05, 4.69) is 31.0 Å². The van der Waals surface area contributed by atoms with Crippen LogP contribution >= 0.6 is 0 Å². The Balaban J connectivity index is 1.97. The third-order valence-corrected chi connectivity index (χ3v) is 4.01. The van der Waals surface area contributed by atoms with Crippen LogP contribution in [0.4, 0.5) is 0 Å². The molecule has 3 atom stereocenters. The Bertz CT molecular complexity index is 249. The molecule has 0 spiro atoms. The van der Waals surface area contributed by atoms with Gasteiger partial charge in [-0.25, -0.2) is 0 Å². The Morgan fingerprint density at radius 3 is 2.41 bits per heavy atom. The summed E-state index contributed by atoms with van der Waals surface area (Å²) in [4.78, 5) is 2.51. The zero-order valence-electron chi connectivity index (χ0n) is 11.6. The lowest BCUT2D eigenvalue weighted by Crippen LogP contribution is -2.56. The Labute approximate surface area is 106 Å². The number of hydrogen-bond donors (Lipinski definition) is 2. The maximum Gasteiger partial charge on any atom is 0.0679 e. The van der Waals surface area contributed by atoms with Crippen LogP contribution in [0.5, 0.6) is 0 Å². The molecule has 0 bridgehead atoms. The summed E-state index contributed by atoms with van der Waals surface area (Å²) < 4.78 is 0. The van der Waals surface area contributed by atoms with Crippen LogP contribution in [-0.2, 0) is 0 Å². The highest BCUT2D eigenvalue weighted by molar-refractivity contribution is 4.94. The van der Waals surface area contributed by atoms with Gasteiger partial charge >= 0.3 is 0 Å². The van der Waals surface area contributed by atoms with Crippen LogP contribution in [-0.4, -0.2) is 46.8 Å². The van der Waals surface area contributed by atoms with Crippen LogP contribution in [0.1, 0.15) is 52.9 Å². The number of likely N-dealkylation sites (tertiary alicyclic amines) is 1. The van der Waals surface area contributed by atoms with Crippen molar-refractivity contribution in [1.82, 2.24) is 10.2 Å². The minimum atomic E-state index is -0.0905. The van der Waals surface area contributed by atoms with Crippen molar-refractivity contribution in [3.8, 4) is 0 Å². The molecule has 0 aromatic carbocycles. The molecule has 2 rings (SSSR count). The summed E-state index contributed by atoms with van der Waals surface area (Å²) in [7, 11) is 0. The average molecular weight is 240 g/mol. The lowest BCUT2D eigenvalue weighted by atomic mass is 9.87. The highest BCUT2D eigenvalue weighted by Crippen LogP contribution is 2.27. The van der Waals surface area contributed by atoms with Gasteiger partial charge in [0.15, 0.2) is 0 Å². The van der Waals surface area contributed by atoms with E-state index in [0.717, 1.165) is 19.5 Å². The Morgan fingerprint density at radius 1 is 1.12 bits per heavy atom. The highest BCUT2D eigenvalue weighted by Gasteiger charge is 2.35. The Kier molecular flexibility index (Phi) is 4.11. The van der Waals surface area contributed by atoms with Gasteiger partial charge in [-0.1, -0.05) is 12.8 Å². The van der Waals surface area contributed by atoms with Gasteiger partial charge < -0.3 is 10.4 Å². The topological polar surface area (TPSA) is 35.5 Å². The van der Waals surface area contributed by atoms with Crippen LogP contribution in [0, 0.1) is 0 Å². The van der Waals surface area contributed by atoms with Crippen LogP contribution < -0.4 is 5.32 Å². The van der Waals surface area contributed by atoms with E-state index in [-0.39, 0.29) is 11.6 Å². The van der Waals surface area contributed by atoms with Gasteiger partial charge in [0.1, 0.15) is 0 Å². The first-order valence-corrected chi connectivity index (χ1v) is 7.15. The summed E-state index contributed by atoms with van der Waals surface area (Å²) in [6, 6.07) is 1.24. The number of aliphatic hydroxyl groups excluding tert-OH is 1. The van der Waals surface area contributed by atoms with Crippen molar-refractivity contribution in [2.75, 3.05) is 13.1 Å². The zero-order valence-corrected chi connectivity index (χ0v) is 11.6. The van der Waals surface area contributed by atoms with Crippen molar-refractivity contribution < 1.29 is 5.11 Å². The first-order valence-electron chi connectivity index (χ1n) is 7.15. The summed E-state index contributed by atoms with van der Waals surface area (Å²) in [5, 5.41) is 13.5. The number of aliphatic hydroxyl groups is 1. The molecule has 1 saturated carbocycles. The van der Waals surface area contributed by atoms with Gasteiger partial charge in [-0.3, -0.25) is 4.90 Å². The molecule has 100 valence electrons. The first-order chi connectivity index (χ1) is 7.96. The third-order valence-electron chi connectivity index (χ3n) is 4.01. The van der Waals surface area contributed by atoms with E-state index in [1.54, 1.807) is 0 Å². The fourth-order valence-electron chi connectivity index (χ4n) is 3.34. The Morgan fingerprint density at radius 2 is 1.82 bits per heavy atom. The van der Waals surface area contributed by atoms with E-state index >= 15 is 0 Å². The quantitative estimate of drug-likeness (QED) is 0.772. The molecular formula is C14H28N2O. The lowest BCUT2D eigenvalue weighted by Gasteiger charge is -2.41. The number of rotatable bonds is 2. The highest BCUT2D eigenvalue weighted by atomic mass is 16.3. The van der Waals surface area contributed by atoms with Gasteiger partial charge in [-0.15, -0.1) is 0 Å². The maximum atomic E-state index is 9.69. The minimum absolute atomic E-state index is 0.0905. The summed E-state index contributed by atoms with van der Waals surface area (Å²) in [5.74, 6) is 0. The molecule has 0 aromatic rings. The summed E-state index contributed by atoms with van der Waals surface area (Å²) >= 11 is 0. The number of β-amino-alcohol motifs (C(OH)–C–C–N with tert-alkyl or cyclic N) is 1. The smallest absolute Gasteiger partial charge is 0.0679 e. The fourth-order valence-corrected chi connectivity index (χ4v) is 3.34. The monoisotopic (exact) mass is 240 g/mol. The van der Waals surface area contributed by atoms with Crippen molar-refractivity contribution in [3.63, 3.8) is 0 Å². The molecule has 0 amide bonds. The lowest BCUT2D eigenvalue weighted by molar-refractivity contribution is 0.109. The van der Waals surface area contributed by atoms with Crippen LogP contribution in [0.2, 0.25) is 0 Å². The maximum absolute atomic E-state index is 9.69. The Hall–Kier alpha value is -0.120.